The number of carbonyl (C=O) groups is 3. The third-order valence-electron chi connectivity index (χ3n) is 6.30. The van der Waals surface area contributed by atoms with Crippen molar-refractivity contribution in [3.63, 3.8) is 0 Å². The smallest absolute Gasteiger partial charge is 0.416 e. The van der Waals surface area contributed by atoms with E-state index in [1.807, 2.05) is 12.1 Å². The molecule has 4 atom stereocenters. The molecule has 198 valence electrons. The molecule has 2 heterocycles. The van der Waals surface area contributed by atoms with E-state index in [4.69, 9.17) is 4.74 Å². The van der Waals surface area contributed by atoms with Crippen LogP contribution in [-0.4, -0.2) is 66.1 Å². The molecule has 2 fully saturated rings. The van der Waals surface area contributed by atoms with Gasteiger partial charge < -0.3 is 15.0 Å². The summed E-state index contributed by atoms with van der Waals surface area (Å²) in [5.41, 5.74) is 0.254. The number of anilines is 1. The minimum absolute atomic E-state index is 0.0775. The second-order valence-electron chi connectivity index (χ2n) is 8.66. The second kappa shape index (κ2) is 10.6. The van der Waals surface area contributed by atoms with Gasteiger partial charge in [-0.3, -0.25) is 25.1 Å². The van der Waals surface area contributed by atoms with Crippen LogP contribution < -0.4 is 20.7 Å². The number of hydrogen-bond donors (Lipinski definition) is 3. The molecular weight excluding hydrogens is 511 g/mol. The fourth-order valence-electron chi connectivity index (χ4n) is 4.29. The Kier molecular flexibility index (Phi) is 7.67. The third-order valence-corrected chi connectivity index (χ3v) is 7.51. The third kappa shape index (κ3) is 5.68. The molecule has 0 saturated carbocycles. The van der Waals surface area contributed by atoms with E-state index in [1.165, 1.54) is 35.8 Å². The number of nitrogens with one attached hydrogen (secondary N) is 3. The molecule has 2 saturated heterocycles. The molecule has 0 aliphatic carbocycles. The topological polar surface area (TPSA) is 103 Å². The lowest BCUT2D eigenvalue weighted by atomic mass is 9.96. The fourth-order valence-corrected chi connectivity index (χ4v) is 5.40. The van der Waals surface area contributed by atoms with Gasteiger partial charge in [-0.1, -0.05) is 12.1 Å². The van der Waals surface area contributed by atoms with E-state index >= 15 is 0 Å². The van der Waals surface area contributed by atoms with E-state index in [1.54, 1.807) is 26.3 Å². The number of halogens is 3. The maximum atomic E-state index is 13.1. The lowest BCUT2D eigenvalue weighted by molar-refractivity contribution is -0.140. The van der Waals surface area contributed by atoms with E-state index in [2.05, 4.69) is 16.0 Å². The molecule has 0 spiro atoms. The van der Waals surface area contributed by atoms with Crippen molar-refractivity contribution in [3.8, 4) is 5.75 Å². The summed E-state index contributed by atoms with van der Waals surface area (Å²) in [6.45, 7) is 0. The van der Waals surface area contributed by atoms with Gasteiger partial charge >= 0.3 is 12.2 Å². The highest BCUT2D eigenvalue weighted by Crippen LogP contribution is 2.35. The zero-order valence-corrected chi connectivity index (χ0v) is 21.0. The van der Waals surface area contributed by atoms with Crippen LogP contribution in [0.15, 0.2) is 48.5 Å². The van der Waals surface area contributed by atoms with Gasteiger partial charge in [0.25, 0.3) is 0 Å². The van der Waals surface area contributed by atoms with E-state index in [0.717, 1.165) is 22.6 Å². The van der Waals surface area contributed by atoms with Gasteiger partial charge in [0.1, 0.15) is 5.75 Å². The number of amides is 4. The largest absolute Gasteiger partial charge is 0.497 e. The van der Waals surface area contributed by atoms with E-state index in [9.17, 15) is 27.6 Å². The summed E-state index contributed by atoms with van der Waals surface area (Å²) in [4.78, 5) is 40.8. The first-order valence-electron chi connectivity index (χ1n) is 11.3. The SMILES string of the molecule is COc1ccc(C2NC(SCC(=O)Nc3ccc(C(F)(F)F)cc3)C3C(=O)N(C)C(=O)N(C)C3N2)cc1. The Labute approximate surface area is 215 Å². The van der Waals surface area contributed by atoms with E-state index in [-0.39, 0.29) is 17.3 Å². The summed E-state index contributed by atoms with van der Waals surface area (Å²) < 4.78 is 43.6. The molecule has 0 radical (unpaired) electrons. The molecule has 2 aromatic carbocycles. The van der Waals surface area contributed by atoms with Crippen LogP contribution in [0.2, 0.25) is 0 Å². The number of rotatable bonds is 6. The predicted octanol–water partition coefficient (Wildman–Crippen LogP) is 3.07. The minimum atomic E-state index is -4.47. The van der Waals surface area contributed by atoms with Crippen LogP contribution in [0.1, 0.15) is 17.3 Å². The number of imide groups is 1. The van der Waals surface area contributed by atoms with Crippen LogP contribution in [-0.2, 0) is 15.8 Å². The molecule has 0 aromatic heterocycles. The molecule has 37 heavy (non-hydrogen) atoms. The summed E-state index contributed by atoms with van der Waals surface area (Å²) in [6, 6.07) is 11.0. The molecule has 9 nitrogen and oxygen atoms in total. The Morgan fingerprint density at radius 3 is 2.30 bits per heavy atom. The average molecular weight is 538 g/mol. The highest BCUT2D eigenvalue weighted by Gasteiger charge is 2.51. The summed E-state index contributed by atoms with van der Waals surface area (Å²) in [7, 11) is 4.57. The molecule has 2 aromatic rings. The van der Waals surface area contributed by atoms with Gasteiger partial charge in [0.15, 0.2) is 0 Å². The Hall–Kier alpha value is -3.29. The van der Waals surface area contributed by atoms with E-state index in [0.29, 0.717) is 5.75 Å². The van der Waals surface area contributed by atoms with Crippen molar-refractivity contribution >= 4 is 35.3 Å². The Morgan fingerprint density at radius 1 is 1.05 bits per heavy atom. The summed E-state index contributed by atoms with van der Waals surface area (Å²) in [5.74, 6) is -0.923. The summed E-state index contributed by atoms with van der Waals surface area (Å²) >= 11 is 1.18. The molecule has 0 bridgehead atoms. The quantitative estimate of drug-likeness (QED) is 0.521. The van der Waals surface area contributed by atoms with Crippen molar-refractivity contribution in [2.75, 3.05) is 32.3 Å². The van der Waals surface area contributed by atoms with Gasteiger partial charge in [-0.15, -0.1) is 11.8 Å². The van der Waals surface area contributed by atoms with Gasteiger partial charge in [-0.05, 0) is 42.0 Å². The molecule has 4 amide bonds. The number of fused-ring (bicyclic) bond motifs is 1. The minimum Gasteiger partial charge on any atom is -0.497 e. The van der Waals surface area contributed by atoms with Crippen LogP contribution >= 0.6 is 11.8 Å². The first-order chi connectivity index (χ1) is 17.5. The van der Waals surface area contributed by atoms with Crippen molar-refractivity contribution in [2.24, 2.45) is 5.92 Å². The normalized spacial score (nSPS) is 24.1. The van der Waals surface area contributed by atoms with Crippen molar-refractivity contribution < 1.29 is 32.3 Å². The second-order valence-corrected chi connectivity index (χ2v) is 9.79. The molecule has 2 aliphatic rings. The number of benzene rings is 2. The Balaban J connectivity index is 1.49. The zero-order chi connectivity index (χ0) is 26.9. The molecule has 3 N–H and O–H groups in total. The number of urea groups is 1. The number of hydrogen-bond acceptors (Lipinski definition) is 7. The maximum Gasteiger partial charge on any atom is 0.416 e. The van der Waals surface area contributed by atoms with Crippen LogP contribution in [0.4, 0.5) is 23.7 Å². The highest BCUT2D eigenvalue weighted by atomic mass is 32.2. The predicted molar refractivity (Wildman–Crippen MR) is 132 cm³/mol. The van der Waals surface area contributed by atoms with Gasteiger partial charge in [0.2, 0.25) is 11.8 Å². The Morgan fingerprint density at radius 2 is 1.70 bits per heavy atom. The molecular formula is C24H26F3N5O4S. The first kappa shape index (κ1) is 26.8. The van der Waals surface area contributed by atoms with Crippen LogP contribution in [0.3, 0.4) is 0 Å². The number of alkyl halides is 3. The lowest BCUT2D eigenvalue weighted by Gasteiger charge is -2.50. The maximum absolute atomic E-state index is 13.1. The van der Waals surface area contributed by atoms with E-state index < -0.39 is 47.3 Å². The van der Waals surface area contributed by atoms with Gasteiger partial charge in [-0.2, -0.15) is 13.2 Å². The van der Waals surface area contributed by atoms with Crippen molar-refractivity contribution in [3.05, 3.63) is 59.7 Å². The highest BCUT2D eigenvalue weighted by molar-refractivity contribution is 8.00. The Bertz CT molecular complexity index is 1160. The lowest BCUT2D eigenvalue weighted by Crippen LogP contribution is -2.72. The van der Waals surface area contributed by atoms with Gasteiger partial charge in [0.05, 0.1) is 42.0 Å². The number of thioether (sulfide) groups is 1. The number of ether oxygens (including phenoxy) is 1. The number of carbonyl (C=O) groups excluding carboxylic acids is 3. The van der Waals surface area contributed by atoms with Crippen molar-refractivity contribution in [1.29, 1.82) is 0 Å². The van der Waals surface area contributed by atoms with Crippen molar-refractivity contribution in [1.82, 2.24) is 20.4 Å². The van der Waals surface area contributed by atoms with Crippen LogP contribution in [0.5, 0.6) is 5.75 Å². The summed E-state index contributed by atoms with van der Waals surface area (Å²) in [6.07, 6.45) is -5.53. The summed E-state index contributed by atoms with van der Waals surface area (Å²) in [5, 5.41) is 8.70. The molecule has 2 aliphatic heterocycles. The number of nitrogens with zero attached hydrogens (tertiary/aromatic N) is 2. The molecule has 13 heteroatoms. The van der Waals surface area contributed by atoms with Crippen LogP contribution in [0.25, 0.3) is 0 Å². The van der Waals surface area contributed by atoms with Gasteiger partial charge in [0, 0.05) is 19.8 Å². The zero-order valence-electron chi connectivity index (χ0n) is 20.2. The average Bonchev–Trinajstić information content (AvgIpc) is 2.88. The fraction of sp³-hybridized carbons (Fsp3) is 0.375. The monoisotopic (exact) mass is 537 g/mol. The molecule has 4 rings (SSSR count). The first-order valence-corrected chi connectivity index (χ1v) is 12.3. The number of methoxy groups -OCH3 is 1. The van der Waals surface area contributed by atoms with Crippen molar-refractivity contribution in [2.45, 2.75) is 23.9 Å². The van der Waals surface area contributed by atoms with Crippen LogP contribution in [0, 0.1) is 5.92 Å². The standard InChI is InChI=1S/C24H26F3N5O4S/c1-31-20-18(22(34)32(2)23(31)35)21(30-19(29-20)13-4-10-16(36-3)11-5-13)37-12-17(33)28-15-8-6-14(7-9-15)24(25,26)27/h4-11,18-21,29-30H,12H2,1-3H3,(H,28,33). The molecule has 4 unspecified atom stereocenters. The van der Waals surface area contributed by atoms with Gasteiger partial charge in [-0.25, -0.2) is 4.79 Å².